The minimum absolute atomic E-state index is 0.340. The lowest BCUT2D eigenvalue weighted by atomic mass is 10.2. The molecular formula is C12H13Br2N3O2. The second kappa shape index (κ2) is 6.49. The first-order valence-electron chi connectivity index (χ1n) is 5.77. The van der Waals surface area contributed by atoms with Gasteiger partial charge in [0.05, 0.1) is 11.3 Å². The normalized spacial score (nSPS) is 10.9. The molecule has 0 atom stereocenters. The molecule has 19 heavy (non-hydrogen) atoms. The summed E-state index contributed by atoms with van der Waals surface area (Å²) in [6, 6.07) is 3.70. The Morgan fingerprint density at radius 2 is 2.16 bits per heavy atom. The summed E-state index contributed by atoms with van der Waals surface area (Å²) in [6.45, 7) is 3.06. The summed E-state index contributed by atoms with van der Waals surface area (Å²) in [5.74, 6) is 0.897. The largest absolute Gasteiger partial charge is 0.397 e. The summed E-state index contributed by atoms with van der Waals surface area (Å²) in [5, 5.41) is 3.87. The highest BCUT2D eigenvalue weighted by molar-refractivity contribution is 9.11. The molecule has 0 radical (unpaired) electrons. The van der Waals surface area contributed by atoms with Crippen molar-refractivity contribution in [2.24, 2.45) is 0 Å². The molecule has 0 unspecified atom stereocenters. The molecule has 0 saturated heterocycles. The van der Waals surface area contributed by atoms with E-state index in [9.17, 15) is 0 Å². The quantitative estimate of drug-likeness (QED) is 0.621. The average molecular weight is 391 g/mol. The fraction of sp³-hybridized carbons (Fsp3) is 0.333. The third-order valence-corrected chi connectivity index (χ3v) is 3.49. The summed E-state index contributed by atoms with van der Waals surface area (Å²) in [7, 11) is 0. The molecule has 102 valence electrons. The number of rotatable bonds is 5. The lowest BCUT2D eigenvalue weighted by Gasteiger charge is -2.04. The molecule has 0 aliphatic heterocycles. The second-order valence-electron chi connectivity index (χ2n) is 3.92. The van der Waals surface area contributed by atoms with Gasteiger partial charge in [-0.1, -0.05) is 28.0 Å². The van der Waals surface area contributed by atoms with Crippen LogP contribution in [0.1, 0.15) is 19.2 Å². The first-order chi connectivity index (χ1) is 9.11. The van der Waals surface area contributed by atoms with Crippen molar-refractivity contribution in [1.82, 2.24) is 10.1 Å². The first-order valence-corrected chi connectivity index (χ1v) is 7.35. The van der Waals surface area contributed by atoms with Gasteiger partial charge in [-0.05, 0) is 34.5 Å². The van der Waals surface area contributed by atoms with E-state index in [0.29, 0.717) is 36.2 Å². The van der Waals surface area contributed by atoms with Gasteiger partial charge in [0.25, 0.3) is 5.89 Å². The predicted octanol–water partition coefficient (Wildman–Crippen LogP) is 3.77. The molecule has 0 amide bonds. The highest BCUT2D eigenvalue weighted by Crippen LogP contribution is 2.34. The van der Waals surface area contributed by atoms with Gasteiger partial charge >= 0.3 is 0 Å². The standard InChI is InChI=1S/C12H13Br2N3O2/c1-2-3-18-6-10-16-12(19-17-10)8-4-7(13)5-9(14)11(8)15/h4-5H,2-3,6,15H2,1H3. The molecule has 1 aromatic carbocycles. The van der Waals surface area contributed by atoms with Gasteiger partial charge in [0.2, 0.25) is 0 Å². The Kier molecular flexibility index (Phi) is 4.95. The van der Waals surface area contributed by atoms with E-state index in [1.54, 1.807) is 0 Å². The first kappa shape index (κ1) is 14.5. The van der Waals surface area contributed by atoms with E-state index >= 15 is 0 Å². The van der Waals surface area contributed by atoms with Crippen LogP contribution in [0.3, 0.4) is 0 Å². The third kappa shape index (κ3) is 3.55. The number of nitrogens with zero attached hydrogens (tertiary/aromatic N) is 2. The maximum atomic E-state index is 5.99. The Balaban J connectivity index is 2.23. The number of aromatic nitrogens is 2. The lowest BCUT2D eigenvalue weighted by molar-refractivity contribution is 0.114. The topological polar surface area (TPSA) is 74.2 Å². The van der Waals surface area contributed by atoms with Gasteiger partial charge in [-0.25, -0.2) is 0 Å². The van der Waals surface area contributed by atoms with Crippen molar-refractivity contribution in [2.75, 3.05) is 12.3 Å². The number of nitrogen functional groups attached to an aromatic ring is 1. The zero-order valence-electron chi connectivity index (χ0n) is 10.3. The Hall–Kier alpha value is -0.920. The molecule has 2 aromatic rings. The summed E-state index contributed by atoms with van der Waals surface area (Å²) in [4.78, 5) is 4.27. The molecule has 0 spiro atoms. The summed E-state index contributed by atoms with van der Waals surface area (Å²) in [6.07, 6.45) is 0.955. The SMILES string of the molecule is CCCOCc1noc(-c2cc(Br)cc(Br)c2N)n1. The number of hydrogen-bond acceptors (Lipinski definition) is 5. The molecule has 7 heteroatoms. The van der Waals surface area contributed by atoms with Gasteiger partial charge in [0, 0.05) is 15.6 Å². The minimum atomic E-state index is 0.340. The highest BCUT2D eigenvalue weighted by atomic mass is 79.9. The van der Waals surface area contributed by atoms with Gasteiger partial charge in [-0.15, -0.1) is 0 Å². The summed E-state index contributed by atoms with van der Waals surface area (Å²) in [5.41, 5.74) is 7.24. The minimum Gasteiger partial charge on any atom is -0.397 e. The smallest absolute Gasteiger partial charge is 0.260 e. The second-order valence-corrected chi connectivity index (χ2v) is 5.69. The molecule has 5 nitrogen and oxygen atoms in total. The molecule has 1 heterocycles. The number of nitrogens with two attached hydrogens (primary N) is 1. The fourth-order valence-electron chi connectivity index (χ4n) is 1.49. The highest BCUT2D eigenvalue weighted by Gasteiger charge is 2.14. The Morgan fingerprint density at radius 1 is 1.37 bits per heavy atom. The summed E-state index contributed by atoms with van der Waals surface area (Å²) < 4.78 is 12.2. The average Bonchev–Trinajstić information content (AvgIpc) is 2.83. The third-order valence-electron chi connectivity index (χ3n) is 2.37. The maximum absolute atomic E-state index is 5.99. The van der Waals surface area contributed by atoms with Crippen LogP contribution in [-0.2, 0) is 11.3 Å². The van der Waals surface area contributed by atoms with Crippen molar-refractivity contribution in [1.29, 1.82) is 0 Å². The monoisotopic (exact) mass is 389 g/mol. The Labute approximate surface area is 127 Å². The Bertz CT molecular complexity index is 572. The van der Waals surface area contributed by atoms with Crippen LogP contribution in [-0.4, -0.2) is 16.7 Å². The van der Waals surface area contributed by atoms with Gasteiger partial charge in [-0.2, -0.15) is 4.98 Å². The van der Waals surface area contributed by atoms with Gasteiger partial charge in [-0.3, -0.25) is 0 Å². The number of benzene rings is 1. The van der Waals surface area contributed by atoms with Crippen molar-refractivity contribution in [3.05, 3.63) is 26.9 Å². The number of halogens is 2. The van der Waals surface area contributed by atoms with Crippen molar-refractivity contribution < 1.29 is 9.26 Å². The fourth-order valence-corrected chi connectivity index (χ4v) is 2.72. The van der Waals surface area contributed by atoms with Gasteiger partial charge in [0.15, 0.2) is 5.82 Å². The molecule has 0 bridgehead atoms. The predicted molar refractivity (Wildman–Crippen MR) is 79.5 cm³/mol. The van der Waals surface area contributed by atoms with Crippen molar-refractivity contribution in [3.8, 4) is 11.5 Å². The van der Waals surface area contributed by atoms with Crippen molar-refractivity contribution in [2.45, 2.75) is 20.0 Å². The van der Waals surface area contributed by atoms with Crippen LogP contribution < -0.4 is 5.73 Å². The molecule has 2 rings (SSSR count). The van der Waals surface area contributed by atoms with Crippen LogP contribution in [0.5, 0.6) is 0 Å². The van der Waals surface area contributed by atoms with Crippen LogP contribution >= 0.6 is 31.9 Å². The molecule has 0 fully saturated rings. The van der Waals surface area contributed by atoms with E-state index in [1.165, 1.54) is 0 Å². The van der Waals surface area contributed by atoms with E-state index < -0.39 is 0 Å². The van der Waals surface area contributed by atoms with E-state index in [2.05, 4.69) is 42.0 Å². The molecule has 0 saturated carbocycles. The van der Waals surface area contributed by atoms with E-state index in [1.807, 2.05) is 19.1 Å². The van der Waals surface area contributed by atoms with Crippen molar-refractivity contribution >= 4 is 37.5 Å². The molecule has 0 aliphatic carbocycles. The van der Waals surface area contributed by atoms with Crippen LogP contribution in [0, 0.1) is 0 Å². The van der Waals surface area contributed by atoms with E-state index in [4.69, 9.17) is 15.0 Å². The van der Waals surface area contributed by atoms with E-state index in [0.717, 1.165) is 15.4 Å². The zero-order valence-corrected chi connectivity index (χ0v) is 13.5. The van der Waals surface area contributed by atoms with E-state index in [-0.39, 0.29) is 0 Å². The maximum Gasteiger partial charge on any atom is 0.260 e. The van der Waals surface area contributed by atoms with Crippen LogP contribution in [0.15, 0.2) is 25.6 Å². The lowest BCUT2D eigenvalue weighted by Crippen LogP contribution is -1.96. The molecular weight excluding hydrogens is 378 g/mol. The zero-order chi connectivity index (χ0) is 13.8. The number of anilines is 1. The van der Waals surface area contributed by atoms with Gasteiger partial charge in [0.1, 0.15) is 6.61 Å². The molecule has 2 N–H and O–H groups in total. The van der Waals surface area contributed by atoms with Gasteiger partial charge < -0.3 is 15.0 Å². The molecule has 0 aliphatic rings. The molecule has 1 aromatic heterocycles. The number of hydrogen-bond donors (Lipinski definition) is 1. The number of ether oxygens (including phenoxy) is 1. The Morgan fingerprint density at radius 3 is 2.89 bits per heavy atom. The van der Waals surface area contributed by atoms with Crippen molar-refractivity contribution in [3.63, 3.8) is 0 Å². The van der Waals surface area contributed by atoms with Crippen LogP contribution in [0.2, 0.25) is 0 Å². The van der Waals surface area contributed by atoms with Crippen LogP contribution in [0.25, 0.3) is 11.5 Å². The summed E-state index contributed by atoms with van der Waals surface area (Å²) >= 11 is 6.79. The van der Waals surface area contributed by atoms with Crippen LogP contribution in [0.4, 0.5) is 5.69 Å².